The number of rotatable bonds is 6. The van der Waals surface area contributed by atoms with Crippen LogP contribution in [0.3, 0.4) is 0 Å². The molecule has 0 unspecified atom stereocenters. The number of carbonyl (C=O) groups excluding carboxylic acids is 1. The monoisotopic (exact) mass is 356 g/mol. The van der Waals surface area contributed by atoms with Gasteiger partial charge in [-0.3, -0.25) is 4.79 Å². The Labute approximate surface area is 151 Å². The van der Waals surface area contributed by atoms with E-state index in [2.05, 4.69) is 44.7 Å². The summed E-state index contributed by atoms with van der Waals surface area (Å²) < 4.78 is 4.12. The Balaban J connectivity index is 2.40. The van der Waals surface area contributed by atoms with Crippen molar-refractivity contribution < 1.29 is 4.79 Å². The first-order chi connectivity index (χ1) is 12.0. The van der Waals surface area contributed by atoms with E-state index in [1.54, 1.807) is 6.92 Å². The number of nitrogens with zero attached hydrogens (tertiary/aromatic N) is 5. The van der Waals surface area contributed by atoms with E-state index in [9.17, 15) is 4.79 Å². The van der Waals surface area contributed by atoms with Gasteiger partial charge in [0.1, 0.15) is 17.3 Å². The third-order valence-electron chi connectivity index (χ3n) is 3.62. The smallest absolute Gasteiger partial charge is 0.221 e. The molecule has 2 rings (SSSR count). The van der Waals surface area contributed by atoms with Gasteiger partial charge in [-0.1, -0.05) is 0 Å². The van der Waals surface area contributed by atoms with Crippen LogP contribution in [-0.2, 0) is 4.79 Å². The van der Waals surface area contributed by atoms with E-state index in [1.165, 1.54) is 6.92 Å². The van der Waals surface area contributed by atoms with E-state index in [0.29, 0.717) is 27.6 Å². The average Bonchev–Trinajstić information content (AvgIpc) is 2.94. The summed E-state index contributed by atoms with van der Waals surface area (Å²) in [6.07, 6.45) is 0. The van der Waals surface area contributed by atoms with Crippen molar-refractivity contribution in [2.45, 2.75) is 27.7 Å². The van der Waals surface area contributed by atoms with Gasteiger partial charge in [0.25, 0.3) is 0 Å². The zero-order valence-electron chi connectivity index (χ0n) is 14.7. The van der Waals surface area contributed by atoms with Crippen molar-refractivity contribution in [3.63, 3.8) is 0 Å². The van der Waals surface area contributed by atoms with Crippen LogP contribution >= 0.6 is 11.5 Å². The first kappa shape index (κ1) is 18.5. The molecule has 1 aromatic heterocycles. The van der Waals surface area contributed by atoms with Crippen LogP contribution in [0.5, 0.6) is 0 Å². The average molecular weight is 356 g/mol. The maximum Gasteiger partial charge on any atom is 0.221 e. The lowest BCUT2D eigenvalue weighted by atomic mass is 10.2. The molecule has 0 radical (unpaired) electrons. The first-order valence-electron chi connectivity index (χ1n) is 7.94. The minimum absolute atomic E-state index is 0.181. The zero-order valence-corrected chi connectivity index (χ0v) is 15.5. The Hall–Kier alpha value is -2.79. The number of benzene rings is 1. The predicted molar refractivity (Wildman–Crippen MR) is 100 cm³/mol. The van der Waals surface area contributed by atoms with E-state index in [0.717, 1.165) is 30.3 Å². The highest BCUT2D eigenvalue weighted by Crippen LogP contribution is 2.33. The molecule has 25 heavy (non-hydrogen) atoms. The van der Waals surface area contributed by atoms with Crippen LogP contribution in [0.25, 0.3) is 0 Å². The van der Waals surface area contributed by atoms with Gasteiger partial charge in [0.2, 0.25) is 5.91 Å². The number of aromatic nitrogens is 1. The maximum atomic E-state index is 11.5. The van der Waals surface area contributed by atoms with Crippen molar-refractivity contribution in [2.24, 2.45) is 10.2 Å². The van der Waals surface area contributed by atoms with Crippen LogP contribution in [0.4, 0.5) is 22.1 Å². The third-order valence-corrected chi connectivity index (χ3v) is 4.45. The van der Waals surface area contributed by atoms with Gasteiger partial charge in [-0.2, -0.15) is 9.64 Å². The van der Waals surface area contributed by atoms with Gasteiger partial charge >= 0.3 is 0 Å². The topological polar surface area (TPSA) is 93.7 Å². The molecule has 0 aliphatic carbocycles. The molecule has 0 fully saturated rings. The van der Waals surface area contributed by atoms with Crippen molar-refractivity contribution in [2.75, 3.05) is 23.3 Å². The Kier molecular flexibility index (Phi) is 6.19. The molecular weight excluding hydrogens is 336 g/mol. The molecule has 0 spiro atoms. The molecule has 0 aliphatic heterocycles. The van der Waals surface area contributed by atoms with E-state index in [4.69, 9.17) is 5.26 Å². The van der Waals surface area contributed by atoms with Crippen LogP contribution in [-0.4, -0.2) is 23.4 Å². The number of carbonyl (C=O) groups is 1. The lowest BCUT2D eigenvalue weighted by Gasteiger charge is -2.22. The van der Waals surface area contributed by atoms with Crippen molar-refractivity contribution in [1.29, 1.82) is 5.26 Å². The molecule has 1 N–H and O–H groups in total. The van der Waals surface area contributed by atoms with Gasteiger partial charge in [-0.25, -0.2) is 0 Å². The number of nitrogens with one attached hydrogen (secondary N) is 1. The Morgan fingerprint density at radius 1 is 1.36 bits per heavy atom. The second kappa shape index (κ2) is 8.35. The lowest BCUT2D eigenvalue weighted by Crippen LogP contribution is -2.21. The van der Waals surface area contributed by atoms with Crippen LogP contribution in [0, 0.1) is 18.3 Å². The number of amides is 1. The minimum Gasteiger partial charge on any atom is -0.372 e. The molecule has 0 bridgehead atoms. The molecule has 0 saturated carbocycles. The van der Waals surface area contributed by atoms with Gasteiger partial charge in [0.05, 0.1) is 11.4 Å². The van der Waals surface area contributed by atoms with Crippen molar-refractivity contribution >= 4 is 39.5 Å². The van der Waals surface area contributed by atoms with Crippen LogP contribution in [0.2, 0.25) is 0 Å². The third kappa shape index (κ3) is 4.39. The van der Waals surface area contributed by atoms with Crippen LogP contribution < -0.4 is 10.2 Å². The molecule has 0 atom stereocenters. The number of hydrogen-bond acceptors (Lipinski definition) is 7. The summed E-state index contributed by atoms with van der Waals surface area (Å²) in [5.74, 6) is -0.181. The second-order valence-electron chi connectivity index (χ2n) is 5.31. The van der Waals surface area contributed by atoms with E-state index in [-0.39, 0.29) is 5.91 Å². The molecule has 1 aromatic carbocycles. The molecular formula is C17H20N6OS. The predicted octanol–water partition coefficient (Wildman–Crippen LogP) is 4.54. The molecule has 1 heterocycles. The summed E-state index contributed by atoms with van der Waals surface area (Å²) in [7, 11) is 0. The number of hydrogen-bond donors (Lipinski definition) is 1. The minimum atomic E-state index is -0.181. The molecule has 8 heteroatoms. The molecule has 130 valence electrons. The Morgan fingerprint density at radius 2 is 2.08 bits per heavy atom. The second-order valence-corrected chi connectivity index (χ2v) is 6.07. The Morgan fingerprint density at radius 3 is 2.68 bits per heavy atom. The van der Waals surface area contributed by atoms with Gasteiger partial charge in [-0.15, -0.1) is 10.2 Å². The lowest BCUT2D eigenvalue weighted by molar-refractivity contribution is -0.114. The van der Waals surface area contributed by atoms with Crippen molar-refractivity contribution in [1.82, 2.24) is 4.37 Å². The summed E-state index contributed by atoms with van der Waals surface area (Å²) in [6, 6.07) is 7.71. The fraction of sp³-hybridized carbons (Fsp3) is 0.353. The zero-order chi connectivity index (χ0) is 18.4. The normalized spacial score (nSPS) is 10.7. The van der Waals surface area contributed by atoms with E-state index in [1.807, 2.05) is 18.2 Å². The molecule has 2 aromatic rings. The highest BCUT2D eigenvalue weighted by atomic mass is 32.1. The highest BCUT2D eigenvalue weighted by Gasteiger charge is 2.11. The largest absolute Gasteiger partial charge is 0.372 e. The SMILES string of the molecule is CCN(CC)c1ccc(N=Nc2snc(C)c2C#N)c(NC(C)=O)c1. The summed E-state index contributed by atoms with van der Waals surface area (Å²) in [5, 5.41) is 20.8. The van der Waals surface area contributed by atoms with Crippen LogP contribution in [0.1, 0.15) is 32.0 Å². The molecule has 0 aliphatic rings. The number of aryl methyl sites for hydroxylation is 1. The van der Waals surface area contributed by atoms with Crippen LogP contribution in [0.15, 0.2) is 28.4 Å². The molecule has 0 saturated heterocycles. The van der Waals surface area contributed by atoms with Gasteiger partial charge < -0.3 is 10.2 Å². The summed E-state index contributed by atoms with van der Waals surface area (Å²) in [4.78, 5) is 13.7. The van der Waals surface area contributed by atoms with Crippen molar-refractivity contribution in [3.8, 4) is 6.07 Å². The van der Waals surface area contributed by atoms with Gasteiger partial charge in [0, 0.05) is 25.7 Å². The molecule has 1 amide bonds. The maximum absolute atomic E-state index is 11.5. The standard InChI is InChI=1S/C17H20N6OS/c1-5-23(6-2)13-7-8-15(16(9-13)19-12(4)24)20-21-17-14(10-18)11(3)22-25-17/h7-9H,5-6H2,1-4H3,(H,19,24). The quantitative estimate of drug-likeness (QED) is 0.769. The fourth-order valence-corrected chi connectivity index (χ4v) is 3.02. The van der Waals surface area contributed by atoms with E-state index < -0.39 is 0 Å². The van der Waals surface area contributed by atoms with Gasteiger partial charge in [0.15, 0.2) is 5.00 Å². The highest BCUT2D eigenvalue weighted by molar-refractivity contribution is 7.10. The fourth-order valence-electron chi connectivity index (χ4n) is 2.34. The first-order valence-corrected chi connectivity index (χ1v) is 8.72. The summed E-state index contributed by atoms with van der Waals surface area (Å²) in [5.41, 5.74) is 3.18. The number of nitriles is 1. The number of azo groups is 1. The Bertz CT molecular complexity index is 832. The summed E-state index contributed by atoms with van der Waals surface area (Å²) >= 11 is 1.13. The van der Waals surface area contributed by atoms with Gasteiger partial charge in [-0.05, 0) is 50.5 Å². The van der Waals surface area contributed by atoms with E-state index >= 15 is 0 Å². The molecule has 7 nitrogen and oxygen atoms in total. The van der Waals surface area contributed by atoms with Crippen molar-refractivity contribution in [3.05, 3.63) is 29.5 Å². The summed E-state index contributed by atoms with van der Waals surface area (Å²) in [6.45, 7) is 9.08. The number of anilines is 2.